The third-order valence-corrected chi connectivity index (χ3v) is 5.28. The molecule has 0 spiro atoms. The van der Waals surface area contributed by atoms with Crippen LogP contribution < -0.4 is 5.73 Å². The molecule has 2 heterocycles. The van der Waals surface area contributed by atoms with Gasteiger partial charge in [-0.15, -0.1) is 10.2 Å². The van der Waals surface area contributed by atoms with Gasteiger partial charge in [0.2, 0.25) is 4.96 Å². The van der Waals surface area contributed by atoms with Crippen LogP contribution in [0.2, 0.25) is 0 Å². The summed E-state index contributed by atoms with van der Waals surface area (Å²) in [6.45, 7) is 2.64. The molecule has 2 aromatic heterocycles. The fourth-order valence-corrected chi connectivity index (χ4v) is 3.83. The predicted octanol–water partition coefficient (Wildman–Crippen LogP) is 1.49. The van der Waals surface area contributed by atoms with Crippen molar-refractivity contribution in [2.75, 3.05) is 7.11 Å². The summed E-state index contributed by atoms with van der Waals surface area (Å²) in [7, 11) is 1.65. The van der Waals surface area contributed by atoms with Crippen LogP contribution in [0.4, 0.5) is 0 Å². The Balaban J connectivity index is 2.00. The molecular formula is C12H19N5OS. The maximum Gasteiger partial charge on any atom is 0.234 e. The van der Waals surface area contributed by atoms with Crippen LogP contribution in [0, 0.1) is 0 Å². The third kappa shape index (κ3) is 2.05. The van der Waals surface area contributed by atoms with E-state index in [9.17, 15) is 0 Å². The van der Waals surface area contributed by atoms with Crippen LogP contribution >= 0.6 is 11.3 Å². The number of rotatable bonds is 3. The summed E-state index contributed by atoms with van der Waals surface area (Å²) in [6, 6.07) is 0.177. The molecule has 2 atom stereocenters. The van der Waals surface area contributed by atoms with E-state index in [1.807, 2.05) is 0 Å². The van der Waals surface area contributed by atoms with Crippen LogP contribution in [0.3, 0.4) is 0 Å². The molecule has 0 aromatic carbocycles. The maximum absolute atomic E-state index is 6.33. The quantitative estimate of drug-likeness (QED) is 0.922. The highest BCUT2D eigenvalue weighted by Crippen LogP contribution is 2.39. The molecule has 19 heavy (non-hydrogen) atoms. The van der Waals surface area contributed by atoms with E-state index in [-0.39, 0.29) is 11.5 Å². The van der Waals surface area contributed by atoms with Crippen molar-refractivity contribution >= 4 is 16.3 Å². The molecular weight excluding hydrogens is 262 g/mol. The molecule has 3 rings (SSSR count). The minimum Gasteiger partial charge on any atom is -0.377 e. The number of hydrogen-bond donors (Lipinski definition) is 1. The number of ether oxygens (including phenoxy) is 1. The zero-order valence-electron chi connectivity index (χ0n) is 11.3. The van der Waals surface area contributed by atoms with Crippen LogP contribution in [0.25, 0.3) is 4.96 Å². The number of fused-ring (bicyclic) bond motifs is 1. The van der Waals surface area contributed by atoms with Gasteiger partial charge in [0.05, 0.1) is 0 Å². The third-order valence-electron chi connectivity index (χ3n) is 4.10. The summed E-state index contributed by atoms with van der Waals surface area (Å²) < 4.78 is 6.90. The van der Waals surface area contributed by atoms with Crippen LogP contribution in [0.15, 0.2) is 0 Å². The first-order chi connectivity index (χ1) is 9.15. The number of aromatic nitrogens is 4. The van der Waals surface area contributed by atoms with Crippen molar-refractivity contribution in [3.05, 3.63) is 10.8 Å². The van der Waals surface area contributed by atoms with Crippen molar-refractivity contribution in [2.45, 2.75) is 50.7 Å². The lowest BCUT2D eigenvalue weighted by Crippen LogP contribution is -2.45. The topological polar surface area (TPSA) is 78.3 Å². The smallest absolute Gasteiger partial charge is 0.234 e. The van der Waals surface area contributed by atoms with E-state index >= 15 is 0 Å². The van der Waals surface area contributed by atoms with Crippen LogP contribution in [-0.4, -0.2) is 33.0 Å². The summed E-state index contributed by atoms with van der Waals surface area (Å²) >= 11 is 1.60. The van der Waals surface area contributed by atoms with Gasteiger partial charge in [-0.1, -0.05) is 31.1 Å². The van der Waals surface area contributed by atoms with Crippen molar-refractivity contribution in [3.8, 4) is 0 Å². The highest BCUT2D eigenvalue weighted by Gasteiger charge is 2.39. The van der Waals surface area contributed by atoms with E-state index in [4.69, 9.17) is 10.5 Å². The second kappa shape index (κ2) is 4.81. The Morgan fingerprint density at radius 3 is 3.05 bits per heavy atom. The Labute approximate surface area is 116 Å². The average molecular weight is 281 g/mol. The van der Waals surface area contributed by atoms with Crippen molar-refractivity contribution < 1.29 is 4.74 Å². The number of nitrogens with zero attached hydrogens (tertiary/aromatic N) is 4. The van der Waals surface area contributed by atoms with Crippen molar-refractivity contribution in [1.29, 1.82) is 0 Å². The minimum atomic E-state index is -0.0338. The summed E-state index contributed by atoms with van der Waals surface area (Å²) in [5.41, 5.74) is 6.30. The number of hydrogen-bond acceptors (Lipinski definition) is 6. The number of methoxy groups -OCH3 is 1. The second-order valence-electron chi connectivity index (χ2n) is 5.42. The van der Waals surface area contributed by atoms with Crippen molar-refractivity contribution in [1.82, 2.24) is 19.8 Å². The summed E-state index contributed by atoms with van der Waals surface area (Å²) in [6.07, 6.45) is 4.60. The van der Waals surface area contributed by atoms with Gasteiger partial charge in [0.1, 0.15) is 11.6 Å². The minimum absolute atomic E-state index is 0.0338. The fraction of sp³-hybridized carbons (Fsp3) is 0.750. The average Bonchev–Trinajstić information content (AvgIpc) is 2.96. The van der Waals surface area contributed by atoms with Gasteiger partial charge in [-0.3, -0.25) is 0 Å². The lowest BCUT2D eigenvalue weighted by Gasteiger charge is -2.37. The molecule has 0 bridgehead atoms. The monoisotopic (exact) mass is 281 g/mol. The molecule has 6 nitrogen and oxygen atoms in total. The van der Waals surface area contributed by atoms with Gasteiger partial charge in [0.15, 0.2) is 5.82 Å². The lowest BCUT2D eigenvalue weighted by molar-refractivity contribution is 0.175. The van der Waals surface area contributed by atoms with Gasteiger partial charge < -0.3 is 10.5 Å². The van der Waals surface area contributed by atoms with E-state index in [1.54, 1.807) is 23.0 Å². The zero-order chi connectivity index (χ0) is 13.5. The Morgan fingerprint density at radius 2 is 2.32 bits per heavy atom. The second-order valence-corrected chi connectivity index (χ2v) is 6.38. The molecule has 0 saturated heterocycles. The Morgan fingerprint density at radius 1 is 1.47 bits per heavy atom. The van der Waals surface area contributed by atoms with Crippen molar-refractivity contribution in [2.24, 2.45) is 5.73 Å². The summed E-state index contributed by atoms with van der Waals surface area (Å²) in [5, 5.41) is 14.0. The van der Waals surface area contributed by atoms with Crippen LogP contribution in [-0.2, 0) is 16.8 Å². The van der Waals surface area contributed by atoms with Crippen LogP contribution in [0.1, 0.15) is 43.4 Å². The van der Waals surface area contributed by atoms with E-state index in [0.29, 0.717) is 6.61 Å². The molecule has 2 aromatic rings. The largest absolute Gasteiger partial charge is 0.377 e. The normalized spacial score (nSPS) is 28.1. The first kappa shape index (κ1) is 13.0. The lowest BCUT2D eigenvalue weighted by atomic mass is 9.72. The molecule has 0 amide bonds. The summed E-state index contributed by atoms with van der Waals surface area (Å²) in [4.78, 5) is 0.820. The molecule has 1 fully saturated rings. The SMILES string of the molecule is COCc1nnc2sc(C3(C)CCCCC3N)nn12. The molecule has 0 radical (unpaired) electrons. The standard InChI is InChI=1S/C12H19N5OS/c1-12(6-4-3-5-8(12)13)10-16-17-9(7-18-2)14-15-11(17)19-10/h8H,3-7,13H2,1-2H3. The molecule has 2 unspecified atom stereocenters. The molecule has 7 heteroatoms. The van der Waals surface area contributed by atoms with E-state index in [0.717, 1.165) is 28.6 Å². The first-order valence-corrected chi connectivity index (χ1v) is 7.43. The predicted molar refractivity (Wildman–Crippen MR) is 73.2 cm³/mol. The molecule has 1 aliphatic carbocycles. The van der Waals surface area contributed by atoms with E-state index in [2.05, 4.69) is 22.2 Å². The van der Waals surface area contributed by atoms with Gasteiger partial charge in [-0.05, 0) is 12.8 Å². The molecule has 0 aliphatic heterocycles. The summed E-state index contributed by atoms with van der Waals surface area (Å²) in [5.74, 6) is 0.744. The maximum atomic E-state index is 6.33. The molecule has 104 valence electrons. The first-order valence-electron chi connectivity index (χ1n) is 6.61. The van der Waals surface area contributed by atoms with Crippen molar-refractivity contribution in [3.63, 3.8) is 0 Å². The fourth-order valence-electron chi connectivity index (χ4n) is 2.73. The van der Waals surface area contributed by atoms with E-state index < -0.39 is 0 Å². The Bertz CT molecular complexity index is 580. The molecule has 1 saturated carbocycles. The van der Waals surface area contributed by atoms with Gasteiger partial charge in [0.25, 0.3) is 0 Å². The highest BCUT2D eigenvalue weighted by molar-refractivity contribution is 7.16. The van der Waals surface area contributed by atoms with Gasteiger partial charge in [0, 0.05) is 18.6 Å². The zero-order valence-corrected chi connectivity index (χ0v) is 12.1. The molecule has 1 aliphatic rings. The number of nitrogens with two attached hydrogens (primary N) is 1. The Kier molecular flexibility index (Phi) is 3.28. The van der Waals surface area contributed by atoms with Crippen LogP contribution in [0.5, 0.6) is 0 Å². The Hall–Kier alpha value is -1.05. The van der Waals surface area contributed by atoms with E-state index in [1.165, 1.54) is 12.8 Å². The van der Waals surface area contributed by atoms with Gasteiger partial charge >= 0.3 is 0 Å². The highest BCUT2D eigenvalue weighted by atomic mass is 32.1. The molecule has 2 N–H and O–H groups in total. The van der Waals surface area contributed by atoms with Gasteiger partial charge in [-0.2, -0.15) is 9.61 Å². The van der Waals surface area contributed by atoms with Gasteiger partial charge in [-0.25, -0.2) is 0 Å².